The average Bonchev–Trinajstić information content (AvgIpc) is 2.41. The molecular weight excluding hydrogens is 240 g/mol. The highest BCUT2D eigenvalue weighted by Crippen LogP contribution is 2.21. The molecular formula is C14H18N4O. The zero-order chi connectivity index (χ0) is 13.8. The van der Waals surface area contributed by atoms with E-state index in [1.54, 1.807) is 19.0 Å². The van der Waals surface area contributed by atoms with Gasteiger partial charge in [0.05, 0.1) is 5.69 Å². The van der Waals surface area contributed by atoms with E-state index in [2.05, 4.69) is 15.5 Å². The Labute approximate surface area is 112 Å². The Morgan fingerprint density at radius 2 is 1.89 bits per heavy atom. The minimum Gasteiger partial charge on any atom is -0.368 e. The number of nitrogens with one attached hydrogen (secondary N) is 1. The molecule has 0 aliphatic heterocycles. The second-order valence-corrected chi connectivity index (χ2v) is 4.64. The van der Waals surface area contributed by atoms with E-state index in [1.165, 1.54) is 0 Å². The van der Waals surface area contributed by atoms with Crippen molar-refractivity contribution in [3.8, 4) is 0 Å². The Kier molecular flexibility index (Phi) is 3.94. The lowest BCUT2D eigenvalue weighted by Crippen LogP contribution is -2.24. The molecule has 1 heterocycles. The number of benzene rings is 1. The minimum absolute atomic E-state index is 0.0943. The summed E-state index contributed by atoms with van der Waals surface area (Å²) in [5.41, 5.74) is 0.908. The predicted molar refractivity (Wildman–Crippen MR) is 76.1 cm³/mol. The van der Waals surface area contributed by atoms with Gasteiger partial charge < -0.3 is 10.2 Å². The SMILES string of the molecule is Cc1nnc(NCCC(=O)N(C)C)c2ccccc12. The zero-order valence-electron chi connectivity index (χ0n) is 11.5. The number of hydrogen-bond acceptors (Lipinski definition) is 4. The Morgan fingerprint density at radius 1 is 1.21 bits per heavy atom. The minimum atomic E-state index is 0.0943. The van der Waals surface area contributed by atoms with Crippen molar-refractivity contribution < 1.29 is 4.79 Å². The van der Waals surface area contributed by atoms with Gasteiger partial charge in [0, 0.05) is 37.8 Å². The number of nitrogens with zero attached hydrogens (tertiary/aromatic N) is 3. The molecule has 0 fully saturated rings. The Morgan fingerprint density at radius 3 is 2.58 bits per heavy atom. The maximum atomic E-state index is 11.5. The zero-order valence-corrected chi connectivity index (χ0v) is 11.5. The van der Waals surface area contributed by atoms with Gasteiger partial charge >= 0.3 is 0 Å². The molecule has 5 nitrogen and oxygen atoms in total. The molecule has 0 saturated carbocycles. The summed E-state index contributed by atoms with van der Waals surface area (Å²) in [6.07, 6.45) is 0.441. The number of fused-ring (bicyclic) bond motifs is 1. The van der Waals surface area contributed by atoms with Crippen molar-refractivity contribution in [2.45, 2.75) is 13.3 Å². The first-order chi connectivity index (χ1) is 9.09. The van der Waals surface area contributed by atoms with Crippen LogP contribution >= 0.6 is 0 Å². The molecule has 100 valence electrons. The van der Waals surface area contributed by atoms with Crippen LogP contribution in [0.2, 0.25) is 0 Å². The highest BCUT2D eigenvalue weighted by Gasteiger charge is 2.07. The third-order valence-corrected chi connectivity index (χ3v) is 3.00. The van der Waals surface area contributed by atoms with Gasteiger partial charge in [0.15, 0.2) is 5.82 Å². The molecule has 0 radical (unpaired) electrons. The van der Waals surface area contributed by atoms with E-state index in [0.29, 0.717) is 13.0 Å². The molecule has 0 aliphatic rings. The molecule has 1 aromatic heterocycles. The fourth-order valence-corrected chi connectivity index (χ4v) is 1.88. The molecule has 0 aliphatic carbocycles. The van der Waals surface area contributed by atoms with Crippen molar-refractivity contribution in [2.75, 3.05) is 26.0 Å². The lowest BCUT2D eigenvalue weighted by atomic mass is 10.1. The lowest BCUT2D eigenvalue weighted by molar-refractivity contribution is -0.128. The average molecular weight is 258 g/mol. The number of amides is 1. The molecule has 1 aromatic carbocycles. The van der Waals surface area contributed by atoms with Crippen molar-refractivity contribution >= 4 is 22.5 Å². The maximum Gasteiger partial charge on any atom is 0.223 e. The fraction of sp³-hybridized carbons (Fsp3) is 0.357. The van der Waals surface area contributed by atoms with Gasteiger partial charge in [-0.1, -0.05) is 24.3 Å². The molecule has 19 heavy (non-hydrogen) atoms. The number of carbonyl (C=O) groups excluding carboxylic acids is 1. The van der Waals surface area contributed by atoms with E-state index in [9.17, 15) is 4.79 Å². The number of rotatable bonds is 4. The van der Waals surface area contributed by atoms with Crippen molar-refractivity contribution in [1.29, 1.82) is 0 Å². The fourth-order valence-electron chi connectivity index (χ4n) is 1.88. The van der Waals surface area contributed by atoms with Crippen LogP contribution in [0.1, 0.15) is 12.1 Å². The third-order valence-electron chi connectivity index (χ3n) is 3.00. The summed E-state index contributed by atoms with van der Waals surface area (Å²) in [6.45, 7) is 2.49. The second-order valence-electron chi connectivity index (χ2n) is 4.64. The second kappa shape index (κ2) is 5.65. The van der Waals surface area contributed by atoms with Crippen LogP contribution in [0.3, 0.4) is 0 Å². The van der Waals surface area contributed by atoms with Crippen molar-refractivity contribution in [3.63, 3.8) is 0 Å². The van der Waals surface area contributed by atoms with Crippen LogP contribution in [0.15, 0.2) is 24.3 Å². The molecule has 2 rings (SSSR count). The summed E-state index contributed by atoms with van der Waals surface area (Å²) in [5.74, 6) is 0.824. The van der Waals surface area contributed by atoms with Crippen molar-refractivity contribution in [3.05, 3.63) is 30.0 Å². The number of aryl methyl sites for hydroxylation is 1. The largest absolute Gasteiger partial charge is 0.368 e. The van der Waals surface area contributed by atoms with Crippen LogP contribution in [-0.4, -0.2) is 41.6 Å². The topological polar surface area (TPSA) is 58.1 Å². The number of aromatic nitrogens is 2. The maximum absolute atomic E-state index is 11.5. The highest BCUT2D eigenvalue weighted by molar-refractivity contribution is 5.92. The van der Waals surface area contributed by atoms with Crippen LogP contribution in [0.5, 0.6) is 0 Å². The summed E-state index contributed by atoms with van der Waals surface area (Å²) in [5, 5.41) is 13.6. The molecule has 0 bridgehead atoms. The first-order valence-electron chi connectivity index (χ1n) is 6.25. The molecule has 2 aromatic rings. The molecule has 0 spiro atoms. The Hall–Kier alpha value is -2.17. The number of hydrogen-bond donors (Lipinski definition) is 1. The standard InChI is InChI=1S/C14H18N4O/c1-10-11-6-4-5-7-12(11)14(17-16-10)15-9-8-13(19)18(2)3/h4-7H,8-9H2,1-3H3,(H,15,17). The predicted octanol–water partition coefficient (Wildman–Crippen LogP) is 1.83. The van der Waals surface area contributed by atoms with E-state index < -0.39 is 0 Å². The normalized spacial score (nSPS) is 10.5. The van der Waals surface area contributed by atoms with Crippen LogP contribution < -0.4 is 5.32 Å². The van der Waals surface area contributed by atoms with Gasteiger partial charge in [-0.15, -0.1) is 5.10 Å². The van der Waals surface area contributed by atoms with Crippen molar-refractivity contribution in [2.24, 2.45) is 0 Å². The van der Waals surface area contributed by atoms with Crippen LogP contribution in [-0.2, 0) is 4.79 Å². The summed E-state index contributed by atoms with van der Waals surface area (Å²) in [6, 6.07) is 7.98. The van der Waals surface area contributed by atoms with Gasteiger partial charge in [0.1, 0.15) is 0 Å². The molecule has 0 unspecified atom stereocenters. The van der Waals surface area contributed by atoms with Gasteiger partial charge in [0.25, 0.3) is 0 Å². The van der Waals surface area contributed by atoms with Gasteiger partial charge in [-0.25, -0.2) is 0 Å². The third kappa shape index (κ3) is 2.99. The Bertz CT molecular complexity index is 595. The van der Waals surface area contributed by atoms with Crippen molar-refractivity contribution in [1.82, 2.24) is 15.1 Å². The van der Waals surface area contributed by atoms with Crippen LogP contribution in [0.25, 0.3) is 10.8 Å². The van der Waals surface area contributed by atoms with E-state index in [0.717, 1.165) is 22.3 Å². The number of carbonyl (C=O) groups is 1. The first kappa shape index (κ1) is 13.3. The van der Waals surface area contributed by atoms with Gasteiger partial charge in [-0.3, -0.25) is 4.79 Å². The van der Waals surface area contributed by atoms with E-state index in [1.807, 2.05) is 31.2 Å². The summed E-state index contributed by atoms with van der Waals surface area (Å²) in [4.78, 5) is 13.1. The van der Waals surface area contributed by atoms with Crippen LogP contribution in [0.4, 0.5) is 5.82 Å². The monoisotopic (exact) mass is 258 g/mol. The molecule has 5 heteroatoms. The molecule has 1 amide bonds. The molecule has 0 saturated heterocycles. The lowest BCUT2D eigenvalue weighted by Gasteiger charge is -2.12. The summed E-state index contributed by atoms with van der Waals surface area (Å²) in [7, 11) is 3.51. The quantitative estimate of drug-likeness (QED) is 0.909. The van der Waals surface area contributed by atoms with E-state index >= 15 is 0 Å². The number of anilines is 1. The van der Waals surface area contributed by atoms with Gasteiger partial charge in [0.2, 0.25) is 5.91 Å². The highest BCUT2D eigenvalue weighted by atomic mass is 16.2. The van der Waals surface area contributed by atoms with Crippen LogP contribution in [0, 0.1) is 6.92 Å². The first-order valence-corrected chi connectivity index (χ1v) is 6.25. The summed E-state index contributed by atoms with van der Waals surface area (Å²) >= 11 is 0. The van der Waals surface area contributed by atoms with E-state index in [-0.39, 0.29) is 5.91 Å². The molecule has 1 N–H and O–H groups in total. The smallest absolute Gasteiger partial charge is 0.223 e. The van der Waals surface area contributed by atoms with Gasteiger partial charge in [-0.2, -0.15) is 5.10 Å². The summed E-state index contributed by atoms with van der Waals surface area (Å²) < 4.78 is 0. The van der Waals surface area contributed by atoms with E-state index in [4.69, 9.17) is 0 Å². The molecule has 0 atom stereocenters. The van der Waals surface area contributed by atoms with Gasteiger partial charge in [-0.05, 0) is 6.92 Å². The Balaban J connectivity index is 2.13.